The van der Waals surface area contributed by atoms with Crippen molar-refractivity contribution in [2.75, 3.05) is 24.4 Å². The van der Waals surface area contributed by atoms with Crippen molar-refractivity contribution in [2.24, 2.45) is 0 Å². The van der Waals surface area contributed by atoms with E-state index in [9.17, 15) is 18.0 Å². The fourth-order valence-electron chi connectivity index (χ4n) is 4.42. The van der Waals surface area contributed by atoms with Crippen LogP contribution in [0.2, 0.25) is 0 Å². The van der Waals surface area contributed by atoms with Crippen LogP contribution in [0.25, 0.3) is 0 Å². The normalized spacial score (nSPS) is 12.0. The van der Waals surface area contributed by atoms with Crippen LogP contribution in [-0.4, -0.2) is 51.3 Å². The Hall–Kier alpha value is -3.65. The molecule has 3 aromatic rings. The number of rotatable bonds is 11. The molecule has 1 N–H and O–H groups in total. The highest BCUT2D eigenvalue weighted by molar-refractivity contribution is 7.92. The third-order valence-electron chi connectivity index (χ3n) is 6.85. The first kappa shape index (κ1) is 28.9. The first-order valence-corrected chi connectivity index (χ1v) is 14.2. The maximum atomic E-state index is 14.0. The van der Waals surface area contributed by atoms with Gasteiger partial charge in [-0.25, -0.2) is 8.42 Å². The summed E-state index contributed by atoms with van der Waals surface area (Å²) >= 11 is 0. The Morgan fingerprint density at radius 1 is 0.895 bits per heavy atom. The van der Waals surface area contributed by atoms with Crippen LogP contribution in [0.1, 0.15) is 35.6 Å². The van der Waals surface area contributed by atoms with E-state index >= 15 is 0 Å². The van der Waals surface area contributed by atoms with Gasteiger partial charge in [-0.05, 0) is 68.5 Å². The van der Waals surface area contributed by atoms with Crippen LogP contribution in [-0.2, 0) is 26.0 Å². The van der Waals surface area contributed by atoms with Gasteiger partial charge in [0.05, 0.1) is 10.6 Å². The second kappa shape index (κ2) is 12.7. The lowest BCUT2D eigenvalue weighted by Crippen LogP contribution is -2.52. The minimum Gasteiger partial charge on any atom is -0.357 e. The number of nitrogens with one attached hydrogen (secondary N) is 1. The molecule has 0 fully saturated rings. The van der Waals surface area contributed by atoms with Crippen molar-refractivity contribution in [1.82, 2.24) is 10.2 Å². The zero-order valence-electron chi connectivity index (χ0n) is 22.8. The number of hydrogen-bond donors (Lipinski definition) is 1. The molecule has 0 unspecified atom stereocenters. The van der Waals surface area contributed by atoms with Crippen molar-refractivity contribution >= 4 is 27.5 Å². The molecule has 3 rings (SSSR count). The summed E-state index contributed by atoms with van der Waals surface area (Å²) in [7, 11) is -2.54. The summed E-state index contributed by atoms with van der Waals surface area (Å²) < 4.78 is 29.1. The Kier molecular flexibility index (Phi) is 9.69. The third-order valence-corrected chi connectivity index (χ3v) is 8.62. The Balaban J connectivity index is 2.05. The Morgan fingerprint density at radius 3 is 2.16 bits per heavy atom. The van der Waals surface area contributed by atoms with E-state index in [0.717, 1.165) is 22.3 Å². The SMILES string of the molecule is CC[C@@H](C(=O)NC)N(CCc1ccccc1)C(=O)CN(c1cccc(C)c1C)S(=O)(=O)c1ccc(C)cc1. The van der Waals surface area contributed by atoms with E-state index in [1.807, 2.05) is 64.1 Å². The first-order chi connectivity index (χ1) is 18.1. The standard InChI is InChI=1S/C30H37N3O4S/c1-6-27(30(35)31-5)32(20-19-25-12-8-7-9-13-25)29(34)21-33(28-14-10-11-23(3)24(28)4)38(36,37)26-17-15-22(2)16-18-26/h7-18,27H,6,19-21H2,1-5H3,(H,31,35)/t27-/m0/s1. The zero-order chi connectivity index (χ0) is 27.9. The van der Waals surface area contributed by atoms with Crippen LogP contribution < -0.4 is 9.62 Å². The third kappa shape index (κ3) is 6.61. The first-order valence-electron chi connectivity index (χ1n) is 12.8. The quantitative estimate of drug-likeness (QED) is 0.394. The van der Waals surface area contributed by atoms with Gasteiger partial charge in [0.15, 0.2) is 0 Å². The van der Waals surface area contributed by atoms with Gasteiger partial charge in [0, 0.05) is 13.6 Å². The molecule has 0 saturated carbocycles. The lowest BCUT2D eigenvalue weighted by molar-refractivity contribution is -0.139. The second-order valence-electron chi connectivity index (χ2n) is 9.40. The van der Waals surface area contributed by atoms with Crippen LogP contribution in [0.4, 0.5) is 5.69 Å². The second-order valence-corrected chi connectivity index (χ2v) is 11.3. The molecule has 0 aromatic heterocycles. The number of amides is 2. The summed E-state index contributed by atoms with van der Waals surface area (Å²) in [4.78, 5) is 28.3. The Morgan fingerprint density at radius 2 is 1.55 bits per heavy atom. The zero-order valence-corrected chi connectivity index (χ0v) is 23.6. The molecule has 202 valence electrons. The number of benzene rings is 3. The Bertz CT molecular complexity index is 1360. The summed E-state index contributed by atoms with van der Waals surface area (Å²) in [5.74, 6) is -0.721. The highest BCUT2D eigenvalue weighted by atomic mass is 32.2. The van der Waals surface area contributed by atoms with E-state index in [1.165, 1.54) is 16.3 Å². The largest absolute Gasteiger partial charge is 0.357 e. The van der Waals surface area contributed by atoms with Crippen LogP contribution in [0.5, 0.6) is 0 Å². The number of carbonyl (C=O) groups is 2. The van der Waals surface area contributed by atoms with Crippen molar-refractivity contribution in [2.45, 2.75) is 51.5 Å². The molecule has 0 bridgehead atoms. The molecule has 0 aliphatic carbocycles. The van der Waals surface area contributed by atoms with Gasteiger partial charge in [0.2, 0.25) is 11.8 Å². The Labute approximate surface area is 226 Å². The van der Waals surface area contributed by atoms with Crippen LogP contribution in [0, 0.1) is 20.8 Å². The number of aryl methyl sites for hydroxylation is 2. The number of hydrogen-bond acceptors (Lipinski definition) is 4. The number of nitrogens with zero attached hydrogens (tertiary/aromatic N) is 2. The van der Waals surface area contributed by atoms with Gasteiger partial charge in [-0.15, -0.1) is 0 Å². The predicted octanol–water partition coefficient (Wildman–Crippen LogP) is 4.40. The molecular formula is C30H37N3O4S. The molecule has 0 spiro atoms. The molecule has 2 amide bonds. The molecule has 3 aromatic carbocycles. The molecular weight excluding hydrogens is 498 g/mol. The number of sulfonamides is 1. The fourth-order valence-corrected chi connectivity index (χ4v) is 5.89. The summed E-state index contributed by atoms with van der Waals surface area (Å²) in [5, 5.41) is 2.65. The van der Waals surface area contributed by atoms with Gasteiger partial charge in [-0.2, -0.15) is 0 Å². The van der Waals surface area contributed by atoms with Crippen molar-refractivity contribution in [1.29, 1.82) is 0 Å². The lowest BCUT2D eigenvalue weighted by atomic mass is 10.1. The summed E-state index contributed by atoms with van der Waals surface area (Å²) in [6, 6.07) is 21.0. The molecule has 0 saturated heterocycles. The van der Waals surface area contributed by atoms with Crippen LogP contribution >= 0.6 is 0 Å². The number of anilines is 1. The van der Waals surface area contributed by atoms with E-state index < -0.39 is 28.5 Å². The predicted molar refractivity (Wildman–Crippen MR) is 152 cm³/mol. The number of carbonyl (C=O) groups excluding carboxylic acids is 2. The van der Waals surface area contributed by atoms with Crippen molar-refractivity contribution in [3.05, 3.63) is 95.1 Å². The topological polar surface area (TPSA) is 86.8 Å². The lowest BCUT2D eigenvalue weighted by Gasteiger charge is -2.33. The number of likely N-dealkylation sites (N-methyl/N-ethyl adjacent to an activating group) is 1. The highest BCUT2D eigenvalue weighted by Crippen LogP contribution is 2.29. The van der Waals surface area contributed by atoms with Gasteiger partial charge in [-0.3, -0.25) is 13.9 Å². The van der Waals surface area contributed by atoms with E-state index in [1.54, 1.807) is 36.4 Å². The molecule has 0 aliphatic rings. The van der Waals surface area contributed by atoms with Gasteiger partial charge >= 0.3 is 0 Å². The van der Waals surface area contributed by atoms with Crippen LogP contribution in [0.15, 0.2) is 77.7 Å². The monoisotopic (exact) mass is 535 g/mol. The van der Waals surface area contributed by atoms with E-state index in [2.05, 4.69) is 5.32 Å². The molecule has 0 radical (unpaired) electrons. The van der Waals surface area contributed by atoms with Crippen LogP contribution in [0.3, 0.4) is 0 Å². The van der Waals surface area contributed by atoms with Crippen molar-refractivity contribution in [3.63, 3.8) is 0 Å². The summed E-state index contributed by atoms with van der Waals surface area (Å²) in [5.41, 5.74) is 4.08. The molecule has 0 aliphatic heterocycles. The minimum absolute atomic E-state index is 0.103. The smallest absolute Gasteiger partial charge is 0.264 e. The van der Waals surface area contributed by atoms with Gasteiger partial charge in [0.25, 0.3) is 10.0 Å². The maximum absolute atomic E-state index is 14.0. The van der Waals surface area contributed by atoms with Crippen molar-refractivity contribution < 1.29 is 18.0 Å². The summed E-state index contributed by atoms with van der Waals surface area (Å²) in [6.45, 7) is 7.33. The molecule has 38 heavy (non-hydrogen) atoms. The molecule has 7 nitrogen and oxygen atoms in total. The van der Waals surface area contributed by atoms with E-state index in [0.29, 0.717) is 18.5 Å². The van der Waals surface area contributed by atoms with Crippen molar-refractivity contribution in [3.8, 4) is 0 Å². The average Bonchev–Trinajstić information content (AvgIpc) is 2.91. The van der Waals surface area contributed by atoms with E-state index in [-0.39, 0.29) is 17.3 Å². The highest BCUT2D eigenvalue weighted by Gasteiger charge is 2.33. The molecule has 1 atom stereocenters. The fraction of sp³-hybridized carbons (Fsp3) is 0.333. The summed E-state index contributed by atoms with van der Waals surface area (Å²) in [6.07, 6.45) is 0.933. The van der Waals surface area contributed by atoms with Gasteiger partial charge < -0.3 is 10.2 Å². The molecule has 8 heteroatoms. The minimum atomic E-state index is -4.08. The van der Waals surface area contributed by atoms with E-state index in [4.69, 9.17) is 0 Å². The van der Waals surface area contributed by atoms with Gasteiger partial charge in [-0.1, -0.05) is 67.1 Å². The molecule has 0 heterocycles. The maximum Gasteiger partial charge on any atom is 0.264 e. The van der Waals surface area contributed by atoms with Gasteiger partial charge in [0.1, 0.15) is 12.6 Å². The average molecular weight is 536 g/mol.